The summed E-state index contributed by atoms with van der Waals surface area (Å²) in [4.78, 5) is 16.3. The van der Waals surface area contributed by atoms with E-state index in [0.717, 1.165) is 6.07 Å². The number of carbonyl (C=O) groups is 1. The molecule has 7 heteroatoms. The number of rotatable bonds is 6. The Balaban J connectivity index is 2.12. The molecule has 0 bridgehead atoms. The van der Waals surface area contributed by atoms with Crippen LogP contribution in [0, 0.1) is 0 Å². The number of hydrogen-bond donors (Lipinski definition) is 1. The van der Waals surface area contributed by atoms with Crippen molar-refractivity contribution in [1.82, 2.24) is 10.3 Å². The van der Waals surface area contributed by atoms with E-state index in [-0.39, 0.29) is 18.6 Å². The van der Waals surface area contributed by atoms with Gasteiger partial charge in [-0.3, -0.25) is 9.78 Å². The van der Waals surface area contributed by atoms with Crippen molar-refractivity contribution >= 4 is 5.91 Å². The molecular weight excluding hydrogens is 321 g/mol. The Hall–Kier alpha value is -2.41. The highest BCUT2D eigenvalue weighted by Crippen LogP contribution is 2.32. The lowest BCUT2D eigenvalue weighted by molar-refractivity contribution is -0.138. The lowest BCUT2D eigenvalue weighted by atomic mass is 10.0. The minimum absolute atomic E-state index is 0.0697. The van der Waals surface area contributed by atoms with Gasteiger partial charge in [0.05, 0.1) is 30.3 Å². The molecule has 4 nitrogen and oxygen atoms in total. The molecule has 1 aromatic heterocycles. The second kappa shape index (κ2) is 7.92. The van der Waals surface area contributed by atoms with Gasteiger partial charge in [-0.1, -0.05) is 24.3 Å². The van der Waals surface area contributed by atoms with E-state index in [1.54, 1.807) is 24.4 Å². The van der Waals surface area contributed by atoms with Gasteiger partial charge in [-0.2, -0.15) is 13.2 Å². The average molecular weight is 338 g/mol. The molecule has 1 heterocycles. The Bertz CT molecular complexity index is 675. The smallest absolute Gasteiger partial charge is 0.382 e. The van der Waals surface area contributed by atoms with Gasteiger partial charge in [0.15, 0.2) is 0 Å². The van der Waals surface area contributed by atoms with E-state index in [0.29, 0.717) is 5.69 Å². The van der Waals surface area contributed by atoms with E-state index in [4.69, 9.17) is 4.74 Å². The SMILES string of the molecule is COC[C@@H](NC(=O)Cc1ccccc1C(F)(F)F)c1ccccn1. The Kier molecular flexibility index (Phi) is 5.92. The van der Waals surface area contributed by atoms with Gasteiger partial charge in [0, 0.05) is 13.3 Å². The van der Waals surface area contributed by atoms with Crippen LogP contribution in [-0.4, -0.2) is 24.6 Å². The standard InChI is InChI=1S/C17H17F3N2O2/c1-24-11-15(14-8-4-5-9-21-14)22-16(23)10-12-6-2-3-7-13(12)17(18,19)20/h2-9,15H,10-11H2,1H3,(H,22,23)/t15-/m1/s1. The molecule has 128 valence electrons. The molecule has 0 saturated heterocycles. The fourth-order valence-corrected chi connectivity index (χ4v) is 2.32. The molecule has 0 spiro atoms. The monoisotopic (exact) mass is 338 g/mol. The number of amides is 1. The first kappa shape index (κ1) is 17.9. The highest BCUT2D eigenvalue weighted by molar-refractivity contribution is 5.79. The molecule has 0 radical (unpaired) electrons. The maximum absolute atomic E-state index is 13.0. The minimum Gasteiger partial charge on any atom is -0.382 e. The van der Waals surface area contributed by atoms with Crippen molar-refractivity contribution in [1.29, 1.82) is 0 Å². The molecule has 0 saturated carbocycles. The fraction of sp³-hybridized carbons (Fsp3) is 0.294. The first-order valence-electron chi connectivity index (χ1n) is 7.26. The van der Waals surface area contributed by atoms with Crippen molar-refractivity contribution in [2.75, 3.05) is 13.7 Å². The van der Waals surface area contributed by atoms with E-state index < -0.39 is 23.7 Å². The summed E-state index contributed by atoms with van der Waals surface area (Å²) in [5.41, 5.74) is -0.294. The van der Waals surface area contributed by atoms with Crippen LogP contribution in [0.4, 0.5) is 13.2 Å². The van der Waals surface area contributed by atoms with Crippen LogP contribution < -0.4 is 5.32 Å². The van der Waals surface area contributed by atoms with Crippen LogP contribution in [0.2, 0.25) is 0 Å². The molecule has 0 aliphatic heterocycles. The number of ether oxygens (including phenoxy) is 1. The zero-order valence-electron chi connectivity index (χ0n) is 13.0. The number of pyridine rings is 1. The number of nitrogens with zero attached hydrogens (tertiary/aromatic N) is 1. The van der Waals surface area contributed by atoms with Crippen molar-refractivity contribution in [2.45, 2.75) is 18.6 Å². The van der Waals surface area contributed by atoms with E-state index in [9.17, 15) is 18.0 Å². The topological polar surface area (TPSA) is 51.2 Å². The quantitative estimate of drug-likeness (QED) is 0.880. The van der Waals surface area contributed by atoms with Crippen LogP contribution in [0.25, 0.3) is 0 Å². The average Bonchev–Trinajstić information content (AvgIpc) is 2.55. The van der Waals surface area contributed by atoms with Crippen LogP contribution in [0.3, 0.4) is 0 Å². The number of aromatic nitrogens is 1. The molecule has 2 rings (SSSR count). The van der Waals surface area contributed by atoms with E-state index in [1.807, 2.05) is 0 Å². The third-order valence-corrected chi connectivity index (χ3v) is 3.39. The van der Waals surface area contributed by atoms with Gasteiger partial charge in [-0.25, -0.2) is 0 Å². The number of hydrogen-bond acceptors (Lipinski definition) is 3. The number of carbonyl (C=O) groups excluding carboxylic acids is 1. The van der Waals surface area contributed by atoms with Crippen molar-refractivity contribution in [3.8, 4) is 0 Å². The summed E-state index contributed by atoms with van der Waals surface area (Å²) in [6, 6.07) is 9.72. The van der Waals surface area contributed by atoms with Gasteiger partial charge >= 0.3 is 6.18 Å². The van der Waals surface area contributed by atoms with Gasteiger partial charge in [0.2, 0.25) is 5.91 Å². The summed E-state index contributed by atoms with van der Waals surface area (Å²) in [6.45, 7) is 0.170. The van der Waals surface area contributed by atoms with Crippen molar-refractivity contribution in [3.63, 3.8) is 0 Å². The zero-order valence-corrected chi connectivity index (χ0v) is 13.0. The highest BCUT2D eigenvalue weighted by Gasteiger charge is 2.33. The number of nitrogens with one attached hydrogen (secondary N) is 1. The summed E-state index contributed by atoms with van der Waals surface area (Å²) in [5.74, 6) is -0.528. The van der Waals surface area contributed by atoms with Gasteiger partial charge in [-0.15, -0.1) is 0 Å². The summed E-state index contributed by atoms with van der Waals surface area (Å²) >= 11 is 0. The third kappa shape index (κ3) is 4.79. The Morgan fingerprint density at radius 1 is 1.21 bits per heavy atom. The first-order chi connectivity index (χ1) is 11.4. The minimum atomic E-state index is -4.50. The normalized spacial score (nSPS) is 12.7. The van der Waals surface area contributed by atoms with Gasteiger partial charge in [-0.05, 0) is 23.8 Å². The maximum Gasteiger partial charge on any atom is 0.416 e. The summed E-state index contributed by atoms with van der Waals surface area (Å²) in [5, 5.41) is 2.67. The number of methoxy groups -OCH3 is 1. The Labute approximate surface area is 137 Å². The Morgan fingerprint density at radius 3 is 2.54 bits per heavy atom. The molecule has 0 unspecified atom stereocenters. The summed E-state index contributed by atoms with van der Waals surface area (Å²) in [6.07, 6.45) is -3.30. The third-order valence-electron chi connectivity index (χ3n) is 3.39. The number of alkyl halides is 3. The van der Waals surface area contributed by atoms with Gasteiger partial charge in [0.25, 0.3) is 0 Å². The van der Waals surface area contributed by atoms with Crippen LogP contribution in [0.15, 0.2) is 48.7 Å². The molecule has 1 atom stereocenters. The van der Waals surface area contributed by atoms with Crippen molar-refractivity contribution in [2.24, 2.45) is 0 Å². The molecule has 1 aromatic carbocycles. The number of halogens is 3. The van der Waals surface area contributed by atoms with Crippen molar-refractivity contribution < 1.29 is 22.7 Å². The predicted octanol–water partition coefficient (Wildman–Crippen LogP) is 3.15. The maximum atomic E-state index is 13.0. The molecule has 1 N–H and O–H groups in total. The lowest BCUT2D eigenvalue weighted by Crippen LogP contribution is -2.33. The predicted molar refractivity (Wildman–Crippen MR) is 82.1 cm³/mol. The highest BCUT2D eigenvalue weighted by atomic mass is 19.4. The van der Waals surface area contributed by atoms with Gasteiger partial charge in [0.1, 0.15) is 0 Å². The summed E-state index contributed by atoms with van der Waals surface area (Å²) < 4.78 is 44.0. The molecule has 0 aliphatic rings. The fourth-order valence-electron chi connectivity index (χ4n) is 2.32. The molecule has 0 aliphatic carbocycles. The molecule has 1 amide bonds. The van der Waals surface area contributed by atoms with Crippen molar-refractivity contribution in [3.05, 3.63) is 65.5 Å². The second-order valence-corrected chi connectivity index (χ2v) is 5.16. The van der Waals surface area contributed by atoms with Crippen LogP contribution in [0.1, 0.15) is 22.9 Å². The van der Waals surface area contributed by atoms with E-state index in [2.05, 4.69) is 10.3 Å². The van der Waals surface area contributed by atoms with Crippen LogP contribution in [-0.2, 0) is 22.1 Å². The van der Waals surface area contributed by atoms with E-state index >= 15 is 0 Å². The first-order valence-corrected chi connectivity index (χ1v) is 7.26. The van der Waals surface area contributed by atoms with E-state index in [1.165, 1.54) is 25.3 Å². The molecular formula is C17H17F3N2O2. The number of benzene rings is 1. The lowest BCUT2D eigenvalue weighted by Gasteiger charge is -2.18. The molecule has 0 fully saturated rings. The largest absolute Gasteiger partial charge is 0.416 e. The van der Waals surface area contributed by atoms with Crippen LogP contribution >= 0.6 is 0 Å². The Morgan fingerprint density at radius 2 is 1.92 bits per heavy atom. The zero-order chi connectivity index (χ0) is 17.6. The molecule has 24 heavy (non-hydrogen) atoms. The van der Waals surface area contributed by atoms with Crippen LogP contribution in [0.5, 0.6) is 0 Å². The summed E-state index contributed by atoms with van der Waals surface area (Å²) in [7, 11) is 1.47. The second-order valence-electron chi connectivity index (χ2n) is 5.16. The van der Waals surface area contributed by atoms with Gasteiger partial charge < -0.3 is 10.1 Å². The molecule has 2 aromatic rings.